The Morgan fingerprint density at radius 1 is 1.10 bits per heavy atom. The molecule has 9 heteroatoms. The predicted octanol–water partition coefficient (Wildman–Crippen LogP) is 3.90. The molecule has 2 aliphatic rings. The first kappa shape index (κ1) is 25.3. The highest BCUT2D eigenvalue weighted by Crippen LogP contribution is 2.37. The number of carbonyl (C=O) groups excluding carboxylic acids is 1. The van der Waals surface area contributed by atoms with Gasteiger partial charge in [0.05, 0.1) is 29.6 Å². The molecule has 3 aromatic heterocycles. The molecule has 4 aromatic rings. The zero-order valence-electron chi connectivity index (χ0n) is 23.1. The Kier molecular flexibility index (Phi) is 6.70. The molecule has 0 radical (unpaired) electrons. The summed E-state index contributed by atoms with van der Waals surface area (Å²) in [5, 5.41) is 11.9. The molecule has 9 nitrogen and oxygen atoms in total. The van der Waals surface area contributed by atoms with Crippen LogP contribution in [0.5, 0.6) is 0 Å². The number of pyridine rings is 1. The standard InChI is InChI=1S/C30H36N8O/c1-19-11-26-23(28(12-19)38-9-7-37(4)8-10-38)15-27(33-26)30-24-14-20(5-6-25(24)34-35-30)21-13-22(17-31-16-21)32-29(39)18-36(2)3/h5-6,12-17,19,33H,7-11,18H2,1-4H3,(H,32,39)(H,34,35). The van der Waals surface area contributed by atoms with Crippen molar-refractivity contribution in [3.05, 3.63) is 60.1 Å². The molecule has 1 amide bonds. The lowest BCUT2D eigenvalue weighted by molar-refractivity contribution is -0.116. The highest BCUT2D eigenvalue weighted by molar-refractivity contribution is 5.96. The van der Waals surface area contributed by atoms with E-state index in [-0.39, 0.29) is 5.91 Å². The number of hydrogen-bond donors (Lipinski definition) is 3. The third kappa shape index (κ3) is 5.20. The number of piperazine rings is 1. The summed E-state index contributed by atoms with van der Waals surface area (Å²) in [5.74, 6) is 0.417. The van der Waals surface area contributed by atoms with Crippen LogP contribution in [-0.4, -0.2) is 94.6 Å². The topological polar surface area (TPSA) is 96.2 Å². The summed E-state index contributed by atoms with van der Waals surface area (Å²) in [5.41, 5.74) is 9.48. The smallest absolute Gasteiger partial charge is 0.238 e. The van der Waals surface area contributed by atoms with E-state index in [4.69, 9.17) is 5.10 Å². The van der Waals surface area contributed by atoms with Crippen LogP contribution in [0.15, 0.2) is 48.8 Å². The SMILES string of the molecule is CC1C=C(N2CCN(C)CC2)c2cc(-c3n[nH]c4ccc(-c5cncc(NC(=O)CN(C)C)c5)cc34)[nH]c2C1. The van der Waals surface area contributed by atoms with Gasteiger partial charge in [-0.15, -0.1) is 0 Å². The molecule has 1 aliphatic carbocycles. The molecule has 1 aliphatic heterocycles. The number of nitrogens with zero attached hydrogens (tertiary/aromatic N) is 5. The summed E-state index contributed by atoms with van der Waals surface area (Å²) in [6.45, 7) is 6.87. The van der Waals surface area contributed by atoms with Crippen LogP contribution in [0.2, 0.25) is 0 Å². The second-order valence-corrected chi connectivity index (χ2v) is 11.2. The number of H-pyrrole nitrogens is 2. The van der Waals surface area contributed by atoms with Gasteiger partial charge in [-0.3, -0.25) is 14.9 Å². The Morgan fingerprint density at radius 2 is 1.92 bits per heavy atom. The Hall–Kier alpha value is -3.95. The second-order valence-electron chi connectivity index (χ2n) is 11.2. The van der Waals surface area contributed by atoms with Gasteiger partial charge in [-0.1, -0.05) is 19.1 Å². The van der Waals surface area contributed by atoms with E-state index in [1.807, 2.05) is 31.3 Å². The molecular formula is C30H36N8O. The first-order chi connectivity index (χ1) is 18.8. The highest BCUT2D eigenvalue weighted by atomic mass is 16.2. The lowest BCUT2D eigenvalue weighted by Crippen LogP contribution is -2.43. The molecule has 4 heterocycles. The van der Waals surface area contributed by atoms with Gasteiger partial charge in [0.15, 0.2) is 0 Å². The molecule has 3 N–H and O–H groups in total. The summed E-state index contributed by atoms with van der Waals surface area (Å²) < 4.78 is 0. The Morgan fingerprint density at radius 3 is 2.72 bits per heavy atom. The van der Waals surface area contributed by atoms with Gasteiger partial charge in [0.2, 0.25) is 5.91 Å². The Labute approximate surface area is 228 Å². The fourth-order valence-electron chi connectivity index (χ4n) is 5.63. The zero-order valence-corrected chi connectivity index (χ0v) is 23.1. The summed E-state index contributed by atoms with van der Waals surface area (Å²) in [6.07, 6.45) is 6.93. The maximum absolute atomic E-state index is 12.2. The van der Waals surface area contributed by atoms with Gasteiger partial charge in [0, 0.05) is 60.3 Å². The number of anilines is 1. The van der Waals surface area contributed by atoms with Crippen molar-refractivity contribution in [2.45, 2.75) is 13.3 Å². The normalized spacial score (nSPS) is 17.9. The third-order valence-corrected chi connectivity index (χ3v) is 7.62. The number of amides is 1. The molecule has 1 aromatic carbocycles. The molecule has 1 fully saturated rings. The first-order valence-electron chi connectivity index (χ1n) is 13.6. The molecule has 6 rings (SSSR count). The average Bonchev–Trinajstić information content (AvgIpc) is 3.52. The van der Waals surface area contributed by atoms with Crippen LogP contribution < -0.4 is 5.32 Å². The van der Waals surface area contributed by atoms with Gasteiger partial charge < -0.3 is 25.0 Å². The highest BCUT2D eigenvalue weighted by Gasteiger charge is 2.26. The number of likely N-dealkylation sites (N-methyl/N-ethyl adjacent to an activating group) is 2. The zero-order chi connectivity index (χ0) is 27.1. The number of allylic oxidation sites excluding steroid dienone is 1. The number of hydrogen-bond acceptors (Lipinski definition) is 6. The van der Waals surface area contributed by atoms with Crippen molar-refractivity contribution < 1.29 is 4.79 Å². The van der Waals surface area contributed by atoms with E-state index < -0.39 is 0 Å². The molecule has 1 unspecified atom stereocenters. The molecular weight excluding hydrogens is 488 g/mol. The van der Waals surface area contributed by atoms with Crippen molar-refractivity contribution >= 4 is 28.2 Å². The molecule has 39 heavy (non-hydrogen) atoms. The monoisotopic (exact) mass is 524 g/mol. The minimum atomic E-state index is -0.0680. The van der Waals surface area contributed by atoms with E-state index in [9.17, 15) is 4.79 Å². The summed E-state index contributed by atoms with van der Waals surface area (Å²) in [7, 11) is 5.94. The van der Waals surface area contributed by atoms with Gasteiger partial charge in [-0.2, -0.15) is 5.10 Å². The largest absolute Gasteiger partial charge is 0.369 e. The minimum Gasteiger partial charge on any atom is -0.369 e. The number of nitrogens with one attached hydrogen (secondary N) is 3. The van der Waals surface area contributed by atoms with E-state index in [1.165, 1.54) is 17.0 Å². The minimum absolute atomic E-state index is 0.0680. The van der Waals surface area contributed by atoms with Crippen molar-refractivity contribution in [1.82, 2.24) is 34.9 Å². The number of carbonyl (C=O) groups is 1. The maximum atomic E-state index is 12.2. The van der Waals surface area contributed by atoms with Gasteiger partial charge in [0.25, 0.3) is 0 Å². The van der Waals surface area contributed by atoms with Gasteiger partial charge in [0.1, 0.15) is 5.69 Å². The predicted molar refractivity (Wildman–Crippen MR) is 156 cm³/mol. The van der Waals surface area contributed by atoms with E-state index >= 15 is 0 Å². The van der Waals surface area contributed by atoms with Crippen molar-refractivity contribution in [2.24, 2.45) is 5.92 Å². The fourth-order valence-corrected chi connectivity index (χ4v) is 5.63. The van der Waals surface area contributed by atoms with Crippen molar-refractivity contribution in [3.8, 4) is 22.5 Å². The average molecular weight is 525 g/mol. The van der Waals surface area contributed by atoms with Crippen LogP contribution in [0.3, 0.4) is 0 Å². The van der Waals surface area contributed by atoms with E-state index in [0.717, 1.165) is 66.0 Å². The molecule has 202 valence electrons. The number of aromatic nitrogens is 4. The van der Waals surface area contributed by atoms with Crippen molar-refractivity contribution in [2.75, 3.05) is 59.2 Å². The van der Waals surface area contributed by atoms with Crippen LogP contribution in [0.25, 0.3) is 39.1 Å². The van der Waals surface area contributed by atoms with Crippen LogP contribution in [0, 0.1) is 5.92 Å². The summed E-state index contributed by atoms with van der Waals surface area (Å²) >= 11 is 0. The van der Waals surface area contributed by atoms with Crippen molar-refractivity contribution in [1.29, 1.82) is 0 Å². The lowest BCUT2D eigenvalue weighted by atomic mass is 9.92. The first-order valence-corrected chi connectivity index (χ1v) is 13.6. The van der Waals surface area contributed by atoms with Crippen LogP contribution in [0.4, 0.5) is 5.69 Å². The fraction of sp³-hybridized carbons (Fsp3) is 0.367. The maximum Gasteiger partial charge on any atom is 0.238 e. The third-order valence-electron chi connectivity index (χ3n) is 7.62. The van der Waals surface area contributed by atoms with Crippen molar-refractivity contribution in [3.63, 3.8) is 0 Å². The van der Waals surface area contributed by atoms with Crippen LogP contribution >= 0.6 is 0 Å². The Balaban J connectivity index is 1.31. The number of fused-ring (bicyclic) bond motifs is 2. The summed E-state index contributed by atoms with van der Waals surface area (Å²) in [6, 6.07) is 10.5. The number of rotatable bonds is 6. The summed E-state index contributed by atoms with van der Waals surface area (Å²) in [4.78, 5) is 27.1. The van der Waals surface area contributed by atoms with E-state index in [0.29, 0.717) is 18.2 Å². The van der Waals surface area contributed by atoms with Gasteiger partial charge >= 0.3 is 0 Å². The Bertz CT molecular complexity index is 1540. The van der Waals surface area contributed by atoms with E-state index in [1.54, 1.807) is 6.20 Å². The molecule has 0 saturated carbocycles. The van der Waals surface area contributed by atoms with Crippen LogP contribution in [0.1, 0.15) is 18.2 Å². The van der Waals surface area contributed by atoms with Crippen LogP contribution in [-0.2, 0) is 11.2 Å². The molecule has 1 atom stereocenters. The molecule has 1 saturated heterocycles. The molecule has 0 bridgehead atoms. The lowest BCUT2D eigenvalue weighted by Gasteiger charge is -2.37. The second kappa shape index (κ2) is 10.3. The van der Waals surface area contributed by atoms with E-state index in [2.05, 4.69) is 74.5 Å². The number of aromatic amines is 2. The number of benzene rings is 1. The molecule has 0 spiro atoms. The van der Waals surface area contributed by atoms with Gasteiger partial charge in [-0.25, -0.2) is 0 Å². The quantitative estimate of drug-likeness (QED) is 0.354. The van der Waals surface area contributed by atoms with Gasteiger partial charge in [-0.05, 0) is 63.3 Å².